The molecule has 2 nitrogen and oxygen atoms in total. The van der Waals surface area contributed by atoms with Crippen LogP contribution in [0.1, 0.15) is 37.9 Å². The smallest absolute Gasteiger partial charge is 0.147 e. The van der Waals surface area contributed by atoms with Crippen LogP contribution < -0.4 is 5.32 Å². The summed E-state index contributed by atoms with van der Waals surface area (Å²) in [6, 6.07) is 5.15. The van der Waals surface area contributed by atoms with Crippen molar-refractivity contribution >= 4 is 11.6 Å². The molecule has 1 aliphatic heterocycles. The second-order valence-corrected chi connectivity index (χ2v) is 5.45. The van der Waals surface area contributed by atoms with Crippen LogP contribution in [-0.4, -0.2) is 19.7 Å². The van der Waals surface area contributed by atoms with Crippen molar-refractivity contribution in [2.24, 2.45) is 5.92 Å². The number of ether oxygens (including phenoxy) is 1. The van der Waals surface area contributed by atoms with Crippen LogP contribution in [0.5, 0.6) is 0 Å². The Kier molecular flexibility index (Phi) is 5.61. The first-order chi connectivity index (χ1) is 9.24. The molecule has 1 saturated heterocycles. The van der Waals surface area contributed by atoms with Crippen LogP contribution in [0.25, 0.3) is 0 Å². The number of nitrogens with one attached hydrogen (secondary N) is 1. The van der Waals surface area contributed by atoms with Crippen molar-refractivity contribution in [3.63, 3.8) is 0 Å². The number of hydrogen-bond donors (Lipinski definition) is 1. The molecule has 0 bridgehead atoms. The molecular formula is C15H21ClFNO. The molecule has 0 amide bonds. The first-order valence-corrected chi connectivity index (χ1v) is 7.38. The predicted molar refractivity (Wildman–Crippen MR) is 76.0 cm³/mol. The third kappa shape index (κ3) is 3.68. The molecule has 1 aromatic rings. The van der Waals surface area contributed by atoms with Crippen LogP contribution in [0.3, 0.4) is 0 Å². The molecule has 1 aromatic carbocycles. The maximum Gasteiger partial charge on any atom is 0.147 e. The van der Waals surface area contributed by atoms with E-state index in [1.165, 1.54) is 0 Å². The number of halogens is 2. The van der Waals surface area contributed by atoms with E-state index in [9.17, 15) is 4.39 Å². The molecule has 0 radical (unpaired) electrons. The fraction of sp³-hybridized carbons (Fsp3) is 0.600. The molecule has 2 unspecified atom stereocenters. The minimum Gasteiger partial charge on any atom is -0.373 e. The van der Waals surface area contributed by atoms with Gasteiger partial charge in [-0.05, 0) is 31.9 Å². The van der Waals surface area contributed by atoms with Gasteiger partial charge >= 0.3 is 0 Å². The first-order valence-electron chi connectivity index (χ1n) is 7.00. The molecule has 0 spiro atoms. The zero-order chi connectivity index (χ0) is 13.7. The third-order valence-electron chi connectivity index (χ3n) is 3.57. The zero-order valence-electron chi connectivity index (χ0n) is 11.3. The average Bonchev–Trinajstić information content (AvgIpc) is 2.43. The molecular weight excluding hydrogens is 265 g/mol. The van der Waals surface area contributed by atoms with Crippen LogP contribution in [-0.2, 0) is 4.74 Å². The molecule has 1 N–H and O–H groups in total. The fourth-order valence-corrected chi connectivity index (χ4v) is 2.78. The molecule has 106 valence electrons. The van der Waals surface area contributed by atoms with Crippen molar-refractivity contribution < 1.29 is 9.13 Å². The summed E-state index contributed by atoms with van der Waals surface area (Å²) in [5.74, 6) is -0.0233. The van der Waals surface area contributed by atoms with Gasteiger partial charge in [-0.3, -0.25) is 0 Å². The van der Waals surface area contributed by atoms with E-state index >= 15 is 0 Å². The van der Waals surface area contributed by atoms with E-state index in [1.54, 1.807) is 18.2 Å². The Hall–Kier alpha value is -0.640. The molecule has 1 fully saturated rings. The Morgan fingerprint density at radius 3 is 3.11 bits per heavy atom. The highest BCUT2D eigenvalue weighted by Crippen LogP contribution is 2.36. The number of benzene rings is 1. The molecule has 0 aliphatic carbocycles. The van der Waals surface area contributed by atoms with Gasteiger partial charge in [0.05, 0.1) is 11.1 Å². The summed E-state index contributed by atoms with van der Waals surface area (Å²) in [7, 11) is 0. The van der Waals surface area contributed by atoms with E-state index in [4.69, 9.17) is 16.3 Å². The monoisotopic (exact) mass is 285 g/mol. The van der Waals surface area contributed by atoms with Gasteiger partial charge in [0.2, 0.25) is 0 Å². The summed E-state index contributed by atoms with van der Waals surface area (Å²) in [5.41, 5.74) is 0.593. The SMILES string of the molecule is CCCNCC1CCCOC1c1cccc(Cl)c1F. The van der Waals surface area contributed by atoms with E-state index in [0.29, 0.717) is 18.1 Å². The Bertz CT molecular complexity index is 413. The van der Waals surface area contributed by atoms with Gasteiger partial charge in [0, 0.05) is 24.6 Å². The lowest BCUT2D eigenvalue weighted by molar-refractivity contribution is -0.0295. The summed E-state index contributed by atoms with van der Waals surface area (Å²) in [6.07, 6.45) is 3.02. The van der Waals surface area contributed by atoms with Crippen molar-refractivity contribution in [2.45, 2.75) is 32.3 Å². The number of hydrogen-bond acceptors (Lipinski definition) is 2. The molecule has 0 saturated carbocycles. The quantitative estimate of drug-likeness (QED) is 0.827. The largest absolute Gasteiger partial charge is 0.373 e. The zero-order valence-corrected chi connectivity index (χ0v) is 12.0. The van der Waals surface area contributed by atoms with E-state index in [-0.39, 0.29) is 16.9 Å². The molecule has 1 heterocycles. The predicted octanol–water partition coefficient (Wildman–Crippen LogP) is 3.95. The van der Waals surface area contributed by atoms with Gasteiger partial charge in [0.15, 0.2) is 0 Å². The third-order valence-corrected chi connectivity index (χ3v) is 3.86. The lowest BCUT2D eigenvalue weighted by atomic mass is 9.89. The second-order valence-electron chi connectivity index (χ2n) is 5.04. The van der Waals surface area contributed by atoms with E-state index in [0.717, 1.165) is 32.4 Å². The van der Waals surface area contributed by atoms with Crippen molar-refractivity contribution in [3.05, 3.63) is 34.6 Å². The van der Waals surface area contributed by atoms with Gasteiger partial charge in [0.25, 0.3) is 0 Å². The highest BCUT2D eigenvalue weighted by Gasteiger charge is 2.29. The maximum atomic E-state index is 14.1. The highest BCUT2D eigenvalue weighted by molar-refractivity contribution is 6.30. The van der Waals surface area contributed by atoms with Crippen LogP contribution >= 0.6 is 11.6 Å². The molecule has 1 aliphatic rings. The summed E-state index contributed by atoms with van der Waals surface area (Å²) in [5, 5.41) is 3.58. The lowest BCUT2D eigenvalue weighted by Crippen LogP contribution is -2.32. The van der Waals surface area contributed by atoms with Crippen LogP contribution in [0.15, 0.2) is 18.2 Å². The number of rotatable bonds is 5. The molecule has 19 heavy (non-hydrogen) atoms. The van der Waals surface area contributed by atoms with Gasteiger partial charge in [0.1, 0.15) is 5.82 Å². The van der Waals surface area contributed by atoms with Crippen LogP contribution in [0.4, 0.5) is 4.39 Å². The van der Waals surface area contributed by atoms with Crippen LogP contribution in [0, 0.1) is 11.7 Å². The highest BCUT2D eigenvalue weighted by atomic mass is 35.5. The minimum absolute atomic E-state index is 0.173. The van der Waals surface area contributed by atoms with E-state index in [2.05, 4.69) is 12.2 Å². The Morgan fingerprint density at radius 1 is 1.47 bits per heavy atom. The van der Waals surface area contributed by atoms with Gasteiger partial charge in [-0.1, -0.05) is 30.7 Å². The summed E-state index contributed by atoms with van der Waals surface area (Å²) in [6.45, 7) is 4.69. The van der Waals surface area contributed by atoms with Crippen molar-refractivity contribution in [1.29, 1.82) is 0 Å². The minimum atomic E-state index is -0.337. The molecule has 2 rings (SSSR count). The fourth-order valence-electron chi connectivity index (χ4n) is 2.60. The standard InChI is InChI=1S/C15H21ClFNO/c1-2-8-18-10-11-5-4-9-19-15(11)12-6-3-7-13(16)14(12)17/h3,6-7,11,15,18H,2,4-5,8-10H2,1H3. The lowest BCUT2D eigenvalue weighted by Gasteiger charge is -2.32. The second kappa shape index (κ2) is 7.22. The van der Waals surface area contributed by atoms with E-state index in [1.807, 2.05) is 0 Å². The Labute approximate surface area is 119 Å². The summed E-state index contributed by atoms with van der Waals surface area (Å²) >= 11 is 5.86. The van der Waals surface area contributed by atoms with Crippen molar-refractivity contribution in [3.8, 4) is 0 Å². The topological polar surface area (TPSA) is 21.3 Å². The summed E-state index contributed by atoms with van der Waals surface area (Å²) in [4.78, 5) is 0. The molecule has 0 aromatic heterocycles. The molecule has 2 atom stereocenters. The van der Waals surface area contributed by atoms with Gasteiger partial charge in [-0.25, -0.2) is 4.39 Å². The van der Waals surface area contributed by atoms with Gasteiger partial charge in [-0.2, -0.15) is 0 Å². The van der Waals surface area contributed by atoms with Crippen LogP contribution in [0.2, 0.25) is 5.02 Å². The van der Waals surface area contributed by atoms with E-state index < -0.39 is 0 Å². The first kappa shape index (κ1) is 14.8. The normalized spacial score (nSPS) is 23.5. The Morgan fingerprint density at radius 2 is 2.32 bits per heavy atom. The van der Waals surface area contributed by atoms with Gasteiger partial charge in [-0.15, -0.1) is 0 Å². The van der Waals surface area contributed by atoms with Crippen molar-refractivity contribution in [2.75, 3.05) is 19.7 Å². The molecule has 4 heteroatoms. The van der Waals surface area contributed by atoms with Crippen molar-refractivity contribution in [1.82, 2.24) is 5.32 Å². The Balaban J connectivity index is 2.12. The average molecular weight is 286 g/mol. The summed E-state index contributed by atoms with van der Waals surface area (Å²) < 4.78 is 19.9. The van der Waals surface area contributed by atoms with Gasteiger partial charge < -0.3 is 10.1 Å². The maximum absolute atomic E-state index is 14.1.